The third kappa shape index (κ3) is 7.65. The van der Waals surface area contributed by atoms with Crippen LogP contribution in [0.15, 0.2) is 5.38 Å². The van der Waals surface area contributed by atoms with E-state index in [0.717, 1.165) is 23.5 Å². The summed E-state index contributed by atoms with van der Waals surface area (Å²) < 4.78 is 0. The number of carboxylic acid groups (broad SMARTS) is 1. The Morgan fingerprint density at radius 3 is 2.71 bits per heavy atom. The number of urea groups is 1. The molecule has 7 heteroatoms. The van der Waals surface area contributed by atoms with Gasteiger partial charge in [-0.15, -0.1) is 11.3 Å². The highest BCUT2D eigenvalue weighted by atomic mass is 32.1. The largest absolute Gasteiger partial charge is 0.481 e. The molecule has 0 aliphatic carbocycles. The summed E-state index contributed by atoms with van der Waals surface area (Å²) >= 11 is 1.56. The first-order valence-electron chi connectivity index (χ1n) is 7.15. The number of rotatable bonds is 9. The van der Waals surface area contributed by atoms with E-state index in [4.69, 9.17) is 5.11 Å². The van der Waals surface area contributed by atoms with Crippen LogP contribution >= 0.6 is 11.3 Å². The van der Waals surface area contributed by atoms with Crippen molar-refractivity contribution < 1.29 is 14.7 Å². The number of carbonyl (C=O) groups excluding carboxylic acids is 1. The fourth-order valence-corrected chi connectivity index (χ4v) is 2.61. The van der Waals surface area contributed by atoms with E-state index in [2.05, 4.69) is 15.6 Å². The van der Waals surface area contributed by atoms with Crippen molar-refractivity contribution >= 4 is 23.3 Å². The molecule has 2 amide bonds. The molecule has 0 aromatic carbocycles. The van der Waals surface area contributed by atoms with E-state index in [1.807, 2.05) is 19.2 Å². The Bertz CT molecular complexity index is 462. The van der Waals surface area contributed by atoms with E-state index >= 15 is 0 Å². The van der Waals surface area contributed by atoms with Crippen LogP contribution in [0.25, 0.3) is 0 Å². The molecule has 118 valence electrons. The lowest BCUT2D eigenvalue weighted by atomic mass is 9.97. The Morgan fingerprint density at radius 2 is 2.14 bits per heavy atom. The SMILES string of the molecule is CCC(CCNC(=O)NCc1csc(C)n1)CCC(=O)O. The fraction of sp³-hybridized carbons (Fsp3) is 0.643. The molecule has 1 aromatic heterocycles. The van der Waals surface area contributed by atoms with E-state index in [1.165, 1.54) is 0 Å². The minimum Gasteiger partial charge on any atom is -0.481 e. The minimum atomic E-state index is -0.766. The maximum absolute atomic E-state index is 11.6. The highest BCUT2D eigenvalue weighted by Crippen LogP contribution is 2.14. The third-order valence-electron chi connectivity index (χ3n) is 3.28. The number of hydrogen-bond acceptors (Lipinski definition) is 4. The molecule has 0 saturated carbocycles. The van der Waals surface area contributed by atoms with Crippen molar-refractivity contribution in [2.75, 3.05) is 6.54 Å². The molecule has 6 nitrogen and oxygen atoms in total. The Balaban J connectivity index is 2.15. The second-order valence-electron chi connectivity index (χ2n) is 4.96. The molecule has 1 heterocycles. The summed E-state index contributed by atoms with van der Waals surface area (Å²) in [6.07, 6.45) is 2.57. The first-order chi connectivity index (χ1) is 10.0. The van der Waals surface area contributed by atoms with Crippen molar-refractivity contribution in [1.29, 1.82) is 0 Å². The van der Waals surface area contributed by atoms with Crippen molar-refractivity contribution in [1.82, 2.24) is 15.6 Å². The standard InChI is InChI=1S/C14H23N3O3S/c1-3-11(4-5-13(18)19)6-7-15-14(20)16-8-12-9-21-10(2)17-12/h9,11H,3-8H2,1-2H3,(H,18,19)(H2,15,16,20). The van der Waals surface area contributed by atoms with Gasteiger partial charge in [0.25, 0.3) is 0 Å². The van der Waals surface area contributed by atoms with Gasteiger partial charge in [-0.25, -0.2) is 9.78 Å². The molecule has 0 aliphatic rings. The number of carboxylic acids is 1. The molecule has 0 spiro atoms. The zero-order valence-electron chi connectivity index (χ0n) is 12.5. The van der Waals surface area contributed by atoms with Crippen LogP contribution in [0, 0.1) is 12.8 Å². The van der Waals surface area contributed by atoms with Crippen molar-refractivity contribution in [3.8, 4) is 0 Å². The predicted molar refractivity (Wildman–Crippen MR) is 82.4 cm³/mol. The summed E-state index contributed by atoms with van der Waals surface area (Å²) in [4.78, 5) is 26.4. The number of carbonyl (C=O) groups is 2. The quantitative estimate of drug-likeness (QED) is 0.653. The molecule has 21 heavy (non-hydrogen) atoms. The maximum atomic E-state index is 11.6. The van der Waals surface area contributed by atoms with Gasteiger partial charge in [0.15, 0.2) is 0 Å². The van der Waals surface area contributed by atoms with Gasteiger partial charge in [-0.05, 0) is 25.7 Å². The number of nitrogens with zero attached hydrogens (tertiary/aromatic N) is 1. The van der Waals surface area contributed by atoms with Gasteiger partial charge in [0, 0.05) is 18.3 Å². The van der Waals surface area contributed by atoms with E-state index in [-0.39, 0.29) is 12.5 Å². The van der Waals surface area contributed by atoms with Crippen LogP contribution < -0.4 is 10.6 Å². The summed E-state index contributed by atoms with van der Waals surface area (Å²) in [6, 6.07) is -0.214. The highest BCUT2D eigenvalue weighted by Gasteiger charge is 2.09. The van der Waals surface area contributed by atoms with Gasteiger partial charge in [-0.2, -0.15) is 0 Å². The highest BCUT2D eigenvalue weighted by molar-refractivity contribution is 7.09. The van der Waals surface area contributed by atoms with Gasteiger partial charge in [-0.1, -0.05) is 13.3 Å². The number of thiazole rings is 1. The molecule has 1 unspecified atom stereocenters. The number of nitrogens with one attached hydrogen (secondary N) is 2. The average molecular weight is 313 g/mol. The van der Waals surface area contributed by atoms with Crippen molar-refractivity contribution in [3.63, 3.8) is 0 Å². The summed E-state index contributed by atoms with van der Waals surface area (Å²) in [6.45, 7) is 4.94. The second-order valence-corrected chi connectivity index (χ2v) is 6.02. The van der Waals surface area contributed by atoms with Crippen LogP contribution in [0.4, 0.5) is 4.79 Å². The molecule has 1 rings (SSSR count). The molecule has 0 aliphatic heterocycles. The number of aryl methyl sites for hydroxylation is 1. The third-order valence-corrected chi connectivity index (χ3v) is 4.10. The predicted octanol–water partition coefficient (Wildman–Crippen LogP) is 2.53. The van der Waals surface area contributed by atoms with Crippen LogP contribution in [-0.2, 0) is 11.3 Å². The zero-order valence-corrected chi connectivity index (χ0v) is 13.3. The van der Waals surface area contributed by atoms with Crippen LogP contribution in [0.5, 0.6) is 0 Å². The van der Waals surface area contributed by atoms with Gasteiger partial charge in [0.1, 0.15) is 0 Å². The number of aromatic nitrogens is 1. The maximum Gasteiger partial charge on any atom is 0.315 e. The first-order valence-corrected chi connectivity index (χ1v) is 8.03. The topological polar surface area (TPSA) is 91.3 Å². The normalized spacial score (nSPS) is 11.9. The fourth-order valence-electron chi connectivity index (χ4n) is 1.99. The van der Waals surface area contributed by atoms with Gasteiger partial charge in [-0.3, -0.25) is 4.79 Å². The van der Waals surface area contributed by atoms with Gasteiger partial charge in [0.2, 0.25) is 0 Å². The second kappa shape index (κ2) is 9.33. The van der Waals surface area contributed by atoms with Crippen molar-refractivity contribution in [3.05, 3.63) is 16.1 Å². The Labute approximate surface area is 129 Å². The lowest BCUT2D eigenvalue weighted by Crippen LogP contribution is -2.36. The molecule has 0 radical (unpaired) electrons. The number of hydrogen-bond donors (Lipinski definition) is 3. The first kappa shape index (κ1) is 17.4. The van der Waals surface area contributed by atoms with Gasteiger partial charge < -0.3 is 15.7 Å². The minimum absolute atomic E-state index is 0.188. The number of aliphatic carboxylic acids is 1. The Kier molecular flexibility index (Phi) is 7.74. The van der Waals surface area contributed by atoms with Crippen LogP contribution in [-0.4, -0.2) is 28.6 Å². The van der Waals surface area contributed by atoms with E-state index in [9.17, 15) is 9.59 Å². The van der Waals surface area contributed by atoms with Crippen molar-refractivity contribution in [2.24, 2.45) is 5.92 Å². The lowest BCUT2D eigenvalue weighted by molar-refractivity contribution is -0.137. The van der Waals surface area contributed by atoms with Crippen LogP contribution in [0.3, 0.4) is 0 Å². The molecule has 0 saturated heterocycles. The molecule has 1 aromatic rings. The molecular weight excluding hydrogens is 290 g/mol. The summed E-state index contributed by atoms with van der Waals surface area (Å²) in [7, 11) is 0. The van der Waals surface area contributed by atoms with E-state index in [0.29, 0.717) is 25.4 Å². The summed E-state index contributed by atoms with van der Waals surface area (Å²) in [5.74, 6) is -0.430. The molecule has 0 fully saturated rings. The Hall–Kier alpha value is -1.63. The molecule has 1 atom stereocenters. The Morgan fingerprint density at radius 1 is 1.38 bits per heavy atom. The zero-order chi connectivity index (χ0) is 15.7. The van der Waals surface area contributed by atoms with Crippen LogP contribution in [0.1, 0.15) is 43.3 Å². The molecule has 0 bridgehead atoms. The molecule has 3 N–H and O–H groups in total. The summed E-state index contributed by atoms with van der Waals surface area (Å²) in [5, 5.41) is 17.1. The van der Waals surface area contributed by atoms with E-state index < -0.39 is 5.97 Å². The monoisotopic (exact) mass is 313 g/mol. The van der Waals surface area contributed by atoms with Gasteiger partial charge >= 0.3 is 12.0 Å². The number of amides is 2. The van der Waals surface area contributed by atoms with Gasteiger partial charge in [0.05, 0.1) is 17.2 Å². The average Bonchev–Trinajstić information content (AvgIpc) is 2.86. The lowest BCUT2D eigenvalue weighted by Gasteiger charge is -2.14. The van der Waals surface area contributed by atoms with Crippen LogP contribution in [0.2, 0.25) is 0 Å². The smallest absolute Gasteiger partial charge is 0.315 e. The molecular formula is C14H23N3O3S. The van der Waals surface area contributed by atoms with Crippen molar-refractivity contribution in [2.45, 2.75) is 46.1 Å². The summed E-state index contributed by atoms with van der Waals surface area (Å²) in [5.41, 5.74) is 0.862. The van der Waals surface area contributed by atoms with E-state index in [1.54, 1.807) is 11.3 Å².